The van der Waals surface area contributed by atoms with Gasteiger partial charge in [0.15, 0.2) is 0 Å². The van der Waals surface area contributed by atoms with E-state index in [9.17, 15) is 9.59 Å². The highest BCUT2D eigenvalue weighted by molar-refractivity contribution is 6.08. The molecule has 1 amide bonds. The average Bonchev–Trinajstić information content (AvgIpc) is 2.66. The summed E-state index contributed by atoms with van der Waals surface area (Å²) in [6, 6.07) is 9.23. The molecule has 1 aromatic rings. The van der Waals surface area contributed by atoms with E-state index in [4.69, 9.17) is 0 Å². The first-order chi connectivity index (χ1) is 7.27. The van der Waals surface area contributed by atoms with E-state index in [1.165, 1.54) is 0 Å². The Balaban J connectivity index is 2.01. The van der Waals surface area contributed by atoms with Gasteiger partial charge in [0.25, 0.3) is 0 Å². The fraction of sp³-hybridized carbons (Fsp3) is 0.333. The first-order valence-electron chi connectivity index (χ1n) is 5.16. The summed E-state index contributed by atoms with van der Waals surface area (Å²) in [5.74, 6) is -0.516. The van der Waals surface area contributed by atoms with Gasteiger partial charge in [-0.1, -0.05) is 18.2 Å². The lowest BCUT2D eigenvalue weighted by Gasteiger charge is -2.08. The summed E-state index contributed by atoms with van der Waals surface area (Å²) in [4.78, 5) is 23.0. The van der Waals surface area contributed by atoms with Crippen LogP contribution in [0.3, 0.4) is 0 Å². The van der Waals surface area contributed by atoms with Gasteiger partial charge in [0, 0.05) is 12.1 Å². The molecule has 1 N–H and O–H groups in total. The number of Topliss-reactive ketones (excluding diaryl/α,β-unsaturated/α-hetero) is 1. The van der Waals surface area contributed by atoms with Gasteiger partial charge >= 0.3 is 0 Å². The number of amides is 1. The van der Waals surface area contributed by atoms with Crippen molar-refractivity contribution < 1.29 is 9.59 Å². The number of hydrogen-bond acceptors (Lipinski definition) is 2. The van der Waals surface area contributed by atoms with Crippen molar-refractivity contribution in [2.24, 2.45) is 5.92 Å². The number of benzene rings is 1. The third kappa shape index (κ3) is 2.24. The number of carbonyl (C=O) groups excluding carboxylic acids is 2. The Morgan fingerprint density at radius 2 is 2.00 bits per heavy atom. The van der Waals surface area contributed by atoms with Crippen molar-refractivity contribution in [3.63, 3.8) is 0 Å². The maximum absolute atomic E-state index is 11.7. The van der Waals surface area contributed by atoms with Crippen LogP contribution in [-0.4, -0.2) is 11.7 Å². The molecular formula is C12H13NO2. The molecule has 3 heteroatoms. The van der Waals surface area contributed by atoms with Gasteiger partial charge in [-0.3, -0.25) is 9.59 Å². The normalized spacial score (nSPS) is 20.3. The zero-order valence-corrected chi connectivity index (χ0v) is 8.40. The molecule has 0 spiro atoms. The number of carbonyl (C=O) groups is 2. The number of para-hydroxylation sites is 1. The molecule has 2 rings (SSSR count). The zero-order valence-electron chi connectivity index (χ0n) is 8.40. The lowest BCUT2D eigenvalue weighted by Crippen LogP contribution is -2.25. The van der Waals surface area contributed by atoms with Crippen LogP contribution in [0.1, 0.15) is 19.3 Å². The highest BCUT2D eigenvalue weighted by Crippen LogP contribution is 2.22. The molecule has 0 bridgehead atoms. The van der Waals surface area contributed by atoms with E-state index in [-0.39, 0.29) is 11.7 Å². The van der Waals surface area contributed by atoms with Crippen LogP contribution in [0.15, 0.2) is 30.3 Å². The summed E-state index contributed by atoms with van der Waals surface area (Å²) in [5.41, 5.74) is 0.752. The standard InChI is InChI=1S/C12H13NO2/c14-11-8-4-7-10(11)12(15)13-9-5-2-1-3-6-9/h1-3,5-6,10H,4,7-8H2,(H,13,15)/t10-/m1/s1. The lowest BCUT2D eigenvalue weighted by molar-refractivity contribution is -0.129. The molecular weight excluding hydrogens is 190 g/mol. The summed E-state index contributed by atoms with van der Waals surface area (Å²) >= 11 is 0. The Morgan fingerprint density at radius 3 is 2.60 bits per heavy atom. The molecule has 0 radical (unpaired) electrons. The fourth-order valence-corrected chi connectivity index (χ4v) is 1.84. The topological polar surface area (TPSA) is 46.2 Å². The summed E-state index contributed by atoms with van der Waals surface area (Å²) in [7, 11) is 0. The van der Waals surface area contributed by atoms with Crippen LogP contribution in [0.2, 0.25) is 0 Å². The van der Waals surface area contributed by atoms with E-state index in [0.717, 1.165) is 12.1 Å². The van der Waals surface area contributed by atoms with Crippen molar-refractivity contribution in [3.05, 3.63) is 30.3 Å². The first-order valence-corrected chi connectivity index (χ1v) is 5.16. The second-order valence-electron chi connectivity index (χ2n) is 3.77. The maximum Gasteiger partial charge on any atom is 0.234 e. The van der Waals surface area contributed by atoms with Gasteiger partial charge in [-0.2, -0.15) is 0 Å². The Hall–Kier alpha value is -1.64. The monoisotopic (exact) mass is 203 g/mol. The molecule has 15 heavy (non-hydrogen) atoms. The molecule has 1 aliphatic carbocycles. The predicted octanol–water partition coefficient (Wildman–Crippen LogP) is 1.99. The highest BCUT2D eigenvalue weighted by atomic mass is 16.2. The second kappa shape index (κ2) is 4.26. The Morgan fingerprint density at radius 1 is 1.27 bits per heavy atom. The summed E-state index contributed by atoms with van der Waals surface area (Å²) in [6.45, 7) is 0. The van der Waals surface area contributed by atoms with Crippen LogP contribution < -0.4 is 5.32 Å². The highest BCUT2D eigenvalue weighted by Gasteiger charge is 2.30. The molecule has 1 aliphatic rings. The Kier molecular flexibility index (Phi) is 2.81. The third-order valence-electron chi connectivity index (χ3n) is 2.66. The Labute approximate surface area is 88.5 Å². The molecule has 78 valence electrons. The van der Waals surface area contributed by atoms with Gasteiger partial charge < -0.3 is 5.32 Å². The minimum absolute atomic E-state index is 0.0726. The van der Waals surface area contributed by atoms with Crippen molar-refractivity contribution >= 4 is 17.4 Å². The fourth-order valence-electron chi connectivity index (χ4n) is 1.84. The molecule has 1 atom stereocenters. The van der Waals surface area contributed by atoms with Crippen molar-refractivity contribution in [3.8, 4) is 0 Å². The van der Waals surface area contributed by atoms with Gasteiger partial charge in [0.2, 0.25) is 5.91 Å². The molecule has 1 fully saturated rings. The minimum Gasteiger partial charge on any atom is -0.325 e. The van der Waals surface area contributed by atoms with Crippen LogP contribution >= 0.6 is 0 Å². The SMILES string of the molecule is O=C1CCC[C@H]1C(=O)Nc1ccccc1. The van der Waals surface area contributed by atoms with E-state index < -0.39 is 5.92 Å². The van der Waals surface area contributed by atoms with Gasteiger partial charge in [-0.15, -0.1) is 0 Å². The molecule has 3 nitrogen and oxygen atoms in total. The molecule has 0 unspecified atom stereocenters. The maximum atomic E-state index is 11.7. The molecule has 0 aliphatic heterocycles. The molecule has 0 aromatic heterocycles. The van der Waals surface area contributed by atoms with E-state index in [0.29, 0.717) is 12.8 Å². The van der Waals surface area contributed by atoms with E-state index in [1.54, 1.807) is 0 Å². The van der Waals surface area contributed by atoms with E-state index in [1.807, 2.05) is 30.3 Å². The minimum atomic E-state index is -0.426. The molecule has 1 aromatic carbocycles. The summed E-state index contributed by atoms with van der Waals surface area (Å²) < 4.78 is 0. The number of ketones is 1. The van der Waals surface area contributed by atoms with Crippen molar-refractivity contribution in [2.45, 2.75) is 19.3 Å². The van der Waals surface area contributed by atoms with Gasteiger partial charge in [0.1, 0.15) is 5.78 Å². The second-order valence-corrected chi connectivity index (χ2v) is 3.77. The number of rotatable bonds is 2. The first kappa shape index (κ1) is 9.90. The number of nitrogens with one attached hydrogen (secondary N) is 1. The molecule has 0 saturated heterocycles. The summed E-state index contributed by atoms with van der Waals surface area (Å²) in [6.07, 6.45) is 2.08. The van der Waals surface area contributed by atoms with Crippen molar-refractivity contribution in [1.82, 2.24) is 0 Å². The van der Waals surface area contributed by atoms with Crippen LogP contribution in [0, 0.1) is 5.92 Å². The average molecular weight is 203 g/mol. The summed E-state index contributed by atoms with van der Waals surface area (Å²) in [5, 5.41) is 2.75. The predicted molar refractivity (Wildman–Crippen MR) is 57.4 cm³/mol. The van der Waals surface area contributed by atoms with Crippen molar-refractivity contribution in [2.75, 3.05) is 5.32 Å². The largest absolute Gasteiger partial charge is 0.325 e. The van der Waals surface area contributed by atoms with E-state index in [2.05, 4.69) is 5.32 Å². The van der Waals surface area contributed by atoms with E-state index >= 15 is 0 Å². The zero-order chi connectivity index (χ0) is 10.7. The van der Waals surface area contributed by atoms with Crippen LogP contribution in [0.5, 0.6) is 0 Å². The lowest BCUT2D eigenvalue weighted by atomic mass is 10.1. The quantitative estimate of drug-likeness (QED) is 0.747. The number of hydrogen-bond donors (Lipinski definition) is 1. The van der Waals surface area contributed by atoms with Gasteiger partial charge in [-0.25, -0.2) is 0 Å². The Bertz CT molecular complexity index is 372. The van der Waals surface area contributed by atoms with Crippen molar-refractivity contribution in [1.29, 1.82) is 0 Å². The van der Waals surface area contributed by atoms with Gasteiger partial charge in [0.05, 0.1) is 5.92 Å². The van der Waals surface area contributed by atoms with Crippen LogP contribution in [0.25, 0.3) is 0 Å². The van der Waals surface area contributed by atoms with Crippen LogP contribution in [-0.2, 0) is 9.59 Å². The smallest absolute Gasteiger partial charge is 0.234 e. The third-order valence-corrected chi connectivity index (χ3v) is 2.66. The molecule has 1 saturated carbocycles. The van der Waals surface area contributed by atoms with Crippen LogP contribution in [0.4, 0.5) is 5.69 Å². The molecule has 0 heterocycles. The van der Waals surface area contributed by atoms with Gasteiger partial charge in [-0.05, 0) is 25.0 Å². The number of anilines is 1.